The number of benzene rings is 1. The topological polar surface area (TPSA) is 123 Å². The zero-order chi connectivity index (χ0) is 20.4. The number of fused-ring (bicyclic) bond motifs is 1. The highest BCUT2D eigenvalue weighted by Crippen LogP contribution is 2.21. The number of hydrogen-bond acceptors (Lipinski definition) is 7. The molecule has 1 aliphatic rings. The fourth-order valence-corrected chi connectivity index (χ4v) is 4.82. The largest absolute Gasteiger partial charge is 0.368 e. The Balaban J connectivity index is 1.46. The van der Waals surface area contributed by atoms with Crippen LogP contribution in [0.5, 0.6) is 0 Å². The van der Waals surface area contributed by atoms with Gasteiger partial charge in [-0.05, 0) is 41.5 Å². The van der Waals surface area contributed by atoms with Crippen molar-refractivity contribution in [1.82, 2.24) is 18.9 Å². The maximum atomic E-state index is 12.7. The first-order valence-electron chi connectivity index (χ1n) is 9.27. The summed E-state index contributed by atoms with van der Waals surface area (Å²) < 4.78 is 28.1. The Morgan fingerprint density at radius 1 is 1.07 bits per heavy atom. The van der Waals surface area contributed by atoms with Gasteiger partial charge in [0.1, 0.15) is 6.20 Å². The predicted octanol–water partition coefficient (Wildman–Crippen LogP) is 2.42. The molecular formula is C18H20N6O4S. The van der Waals surface area contributed by atoms with Crippen molar-refractivity contribution in [3.8, 4) is 0 Å². The molecule has 1 fully saturated rings. The van der Waals surface area contributed by atoms with Gasteiger partial charge in [0, 0.05) is 25.7 Å². The molecule has 0 amide bonds. The summed E-state index contributed by atoms with van der Waals surface area (Å²) in [6, 6.07) is 10.0. The number of piperidine rings is 1. The molecule has 0 spiro atoms. The van der Waals surface area contributed by atoms with Crippen LogP contribution in [-0.4, -0.2) is 45.3 Å². The molecule has 152 valence electrons. The summed E-state index contributed by atoms with van der Waals surface area (Å²) in [5, 5.41) is 18.3. The highest BCUT2D eigenvalue weighted by molar-refractivity contribution is 7.89. The molecular weight excluding hydrogens is 396 g/mol. The molecule has 3 heterocycles. The average Bonchev–Trinajstić information content (AvgIpc) is 3.17. The first-order valence-corrected chi connectivity index (χ1v) is 10.7. The third-order valence-corrected chi connectivity index (χ3v) is 6.79. The van der Waals surface area contributed by atoms with Crippen LogP contribution in [0.1, 0.15) is 24.8 Å². The van der Waals surface area contributed by atoms with Crippen molar-refractivity contribution in [1.29, 1.82) is 0 Å². The summed E-state index contributed by atoms with van der Waals surface area (Å²) in [5.41, 5.74) is 1.25. The lowest BCUT2D eigenvalue weighted by atomic mass is 10.2. The van der Waals surface area contributed by atoms with Gasteiger partial charge >= 0.3 is 5.82 Å². The number of rotatable bonds is 6. The molecule has 3 aromatic rings. The molecule has 29 heavy (non-hydrogen) atoms. The molecule has 0 radical (unpaired) electrons. The predicted molar refractivity (Wildman–Crippen MR) is 106 cm³/mol. The number of hydrogen-bond donors (Lipinski definition) is 1. The maximum Gasteiger partial charge on any atom is 0.368 e. The van der Waals surface area contributed by atoms with Crippen molar-refractivity contribution >= 4 is 27.3 Å². The van der Waals surface area contributed by atoms with E-state index in [9.17, 15) is 18.5 Å². The SMILES string of the molecule is O=[N+]([O-])c1cnc2ccc(NCc3ccc(S(=O)(=O)N4CCCCC4)cc3)nn12. The second kappa shape index (κ2) is 7.76. The molecule has 4 rings (SSSR count). The minimum absolute atomic E-state index is 0.212. The fraction of sp³-hybridized carbons (Fsp3) is 0.333. The van der Waals surface area contributed by atoms with E-state index in [-0.39, 0.29) is 10.7 Å². The molecule has 1 N–H and O–H groups in total. The molecule has 1 saturated heterocycles. The van der Waals surface area contributed by atoms with Gasteiger partial charge in [-0.2, -0.15) is 4.31 Å². The van der Waals surface area contributed by atoms with Crippen LogP contribution in [0, 0.1) is 10.1 Å². The number of nitro groups is 1. The second-order valence-electron chi connectivity index (χ2n) is 6.82. The summed E-state index contributed by atoms with van der Waals surface area (Å²) in [7, 11) is -3.45. The third-order valence-electron chi connectivity index (χ3n) is 4.88. The molecule has 0 aliphatic carbocycles. The smallest absolute Gasteiger partial charge is 0.363 e. The van der Waals surface area contributed by atoms with Crippen LogP contribution in [0.25, 0.3) is 5.65 Å². The normalized spacial score (nSPS) is 15.4. The van der Waals surface area contributed by atoms with Gasteiger partial charge in [0.05, 0.1) is 4.90 Å². The van der Waals surface area contributed by atoms with E-state index in [1.807, 2.05) is 0 Å². The van der Waals surface area contributed by atoms with Gasteiger partial charge in [-0.15, -0.1) is 0 Å². The van der Waals surface area contributed by atoms with E-state index in [1.54, 1.807) is 40.7 Å². The highest BCUT2D eigenvalue weighted by Gasteiger charge is 2.25. The molecule has 2 aromatic heterocycles. The van der Waals surface area contributed by atoms with E-state index >= 15 is 0 Å². The molecule has 0 bridgehead atoms. The number of imidazole rings is 1. The quantitative estimate of drug-likeness (QED) is 0.483. The van der Waals surface area contributed by atoms with Crippen molar-refractivity contribution in [3.05, 3.63) is 58.3 Å². The lowest BCUT2D eigenvalue weighted by Crippen LogP contribution is -2.35. The van der Waals surface area contributed by atoms with Crippen molar-refractivity contribution in [2.75, 3.05) is 18.4 Å². The third kappa shape index (κ3) is 3.91. The Bertz CT molecular complexity index is 1140. The standard InChI is InChI=1S/C18H20N6O4S/c25-24(26)18-13-20-17-9-8-16(21-23(17)18)19-12-14-4-6-15(7-5-14)29(27,28)22-10-2-1-3-11-22/h4-9,13H,1-3,10-12H2,(H,19,21). The number of nitrogens with zero attached hydrogens (tertiary/aromatic N) is 5. The molecule has 1 aromatic carbocycles. The van der Waals surface area contributed by atoms with Crippen LogP contribution in [0.2, 0.25) is 0 Å². The van der Waals surface area contributed by atoms with E-state index in [1.165, 1.54) is 0 Å². The summed E-state index contributed by atoms with van der Waals surface area (Å²) in [6.07, 6.45) is 4.02. The molecule has 1 aliphatic heterocycles. The summed E-state index contributed by atoms with van der Waals surface area (Å²) in [4.78, 5) is 14.7. The summed E-state index contributed by atoms with van der Waals surface area (Å²) in [6.45, 7) is 1.53. The van der Waals surface area contributed by atoms with Crippen LogP contribution >= 0.6 is 0 Å². The van der Waals surface area contributed by atoms with Crippen molar-refractivity contribution in [2.45, 2.75) is 30.7 Å². The van der Waals surface area contributed by atoms with E-state index in [4.69, 9.17) is 0 Å². The Morgan fingerprint density at radius 2 is 1.79 bits per heavy atom. The number of anilines is 1. The first kappa shape index (κ1) is 19.3. The van der Waals surface area contributed by atoms with Gasteiger partial charge in [0.15, 0.2) is 5.82 Å². The Morgan fingerprint density at radius 3 is 2.48 bits per heavy atom. The van der Waals surface area contributed by atoms with E-state index < -0.39 is 14.9 Å². The van der Waals surface area contributed by atoms with E-state index in [0.29, 0.717) is 31.1 Å². The Labute approximate surface area is 167 Å². The van der Waals surface area contributed by atoms with Gasteiger partial charge in [-0.25, -0.2) is 13.4 Å². The molecule has 0 atom stereocenters. The maximum absolute atomic E-state index is 12.7. The van der Waals surface area contributed by atoms with E-state index in [2.05, 4.69) is 15.4 Å². The van der Waals surface area contributed by atoms with Crippen LogP contribution in [0.4, 0.5) is 11.6 Å². The molecule has 0 unspecified atom stereocenters. The van der Waals surface area contributed by atoms with Crippen LogP contribution in [-0.2, 0) is 16.6 Å². The minimum Gasteiger partial charge on any atom is -0.363 e. The zero-order valence-electron chi connectivity index (χ0n) is 15.6. The first-order chi connectivity index (χ1) is 13.9. The van der Waals surface area contributed by atoms with Gasteiger partial charge in [-0.3, -0.25) is 0 Å². The number of aromatic nitrogens is 3. The lowest BCUT2D eigenvalue weighted by Gasteiger charge is -2.25. The molecule has 11 heteroatoms. The van der Waals surface area contributed by atoms with Crippen molar-refractivity contribution < 1.29 is 13.3 Å². The number of nitrogens with one attached hydrogen (secondary N) is 1. The summed E-state index contributed by atoms with van der Waals surface area (Å²) >= 11 is 0. The van der Waals surface area contributed by atoms with Crippen LogP contribution in [0.3, 0.4) is 0 Å². The van der Waals surface area contributed by atoms with E-state index in [0.717, 1.165) is 35.5 Å². The zero-order valence-corrected chi connectivity index (χ0v) is 16.4. The van der Waals surface area contributed by atoms with Gasteiger partial charge in [0.2, 0.25) is 15.7 Å². The monoisotopic (exact) mass is 416 g/mol. The molecule has 0 saturated carbocycles. The van der Waals surface area contributed by atoms with Crippen LogP contribution < -0.4 is 5.32 Å². The van der Waals surface area contributed by atoms with Crippen molar-refractivity contribution in [3.63, 3.8) is 0 Å². The Kier molecular flexibility index (Phi) is 5.16. The second-order valence-corrected chi connectivity index (χ2v) is 8.76. The number of sulfonamides is 1. The minimum atomic E-state index is -3.45. The van der Waals surface area contributed by atoms with Gasteiger partial charge < -0.3 is 15.4 Å². The fourth-order valence-electron chi connectivity index (χ4n) is 3.31. The highest BCUT2D eigenvalue weighted by atomic mass is 32.2. The molecule has 10 nitrogen and oxygen atoms in total. The Hall–Kier alpha value is -3.05. The van der Waals surface area contributed by atoms with Crippen molar-refractivity contribution in [2.24, 2.45) is 0 Å². The van der Waals surface area contributed by atoms with Crippen LogP contribution in [0.15, 0.2) is 47.5 Å². The lowest BCUT2D eigenvalue weighted by molar-refractivity contribution is -0.391. The summed E-state index contributed by atoms with van der Waals surface area (Å²) in [5.74, 6) is 0.236. The average molecular weight is 416 g/mol. The van der Waals surface area contributed by atoms with Gasteiger partial charge in [-0.1, -0.05) is 28.2 Å². The van der Waals surface area contributed by atoms with Gasteiger partial charge in [0.25, 0.3) is 0 Å².